The van der Waals surface area contributed by atoms with Crippen LogP contribution in [0.1, 0.15) is 19.3 Å². The number of carbonyl (C=O) groups excluding carboxylic acids is 1. The van der Waals surface area contributed by atoms with E-state index in [-0.39, 0.29) is 18.1 Å². The smallest absolute Gasteiger partial charge is 0.241 e. The topological polar surface area (TPSA) is 44.8 Å². The number of likely N-dealkylation sites (tertiary alicyclic amines) is 2. The Morgan fingerprint density at radius 3 is 2.82 bits per heavy atom. The Balaban J connectivity index is 1.56. The summed E-state index contributed by atoms with van der Waals surface area (Å²) >= 11 is 0. The van der Waals surface area contributed by atoms with E-state index in [2.05, 4.69) is 22.2 Å². The Labute approximate surface area is 131 Å². The first-order chi connectivity index (χ1) is 10.7. The van der Waals surface area contributed by atoms with Crippen molar-refractivity contribution in [3.63, 3.8) is 0 Å². The average molecular weight is 301 g/mol. The van der Waals surface area contributed by atoms with Crippen molar-refractivity contribution in [3.8, 4) is 5.75 Å². The van der Waals surface area contributed by atoms with Gasteiger partial charge in [0.15, 0.2) is 0 Å². The summed E-state index contributed by atoms with van der Waals surface area (Å²) < 4.78 is 6.15. The quantitative estimate of drug-likeness (QED) is 0.855. The number of ether oxygens (including phenoxy) is 1. The molecule has 1 amide bonds. The van der Waals surface area contributed by atoms with Gasteiger partial charge in [-0.1, -0.05) is 12.1 Å². The molecule has 5 heteroatoms. The average Bonchev–Trinajstić information content (AvgIpc) is 2.94. The van der Waals surface area contributed by atoms with Crippen LogP contribution in [-0.4, -0.2) is 60.6 Å². The number of amides is 1. The van der Waals surface area contributed by atoms with Gasteiger partial charge in [0.05, 0.1) is 11.7 Å². The first kappa shape index (κ1) is 14.0. The summed E-state index contributed by atoms with van der Waals surface area (Å²) in [5.41, 5.74) is 0.799. The number of benzene rings is 1. The SMILES string of the molecule is CN1CCC(N2CC3CC2C(=O)Nc2ccccc2O3)CC1. The second kappa shape index (κ2) is 5.56. The number of piperidine rings is 1. The lowest BCUT2D eigenvalue weighted by Gasteiger charge is -2.37. The summed E-state index contributed by atoms with van der Waals surface area (Å²) in [5.74, 6) is 0.918. The van der Waals surface area contributed by atoms with Gasteiger partial charge in [-0.15, -0.1) is 0 Å². The predicted molar refractivity (Wildman–Crippen MR) is 85.1 cm³/mol. The van der Waals surface area contributed by atoms with Gasteiger partial charge in [0.25, 0.3) is 0 Å². The molecule has 2 bridgehead atoms. The molecular formula is C17H23N3O2. The predicted octanol–water partition coefficient (Wildman–Crippen LogP) is 1.55. The minimum Gasteiger partial charge on any atom is -0.487 e. The van der Waals surface area contributed by atoms with Crippen molar-refractivity contribution in [2.45, 2.75) is 37.5 Å². The van der Waals surface area contributed by atoms with Crippen molar-refractivity contribution in [1.82, 2.24) is 9.80 Å². The molecule has 3 aliphatic rings. The maximum atomic E-state index is 12.7. The van der Waals surface area contributed by atoms with Gasteiger partial charge in [0.1, 0.15) is 11.9 Å². The number of hydrogen-bond donors (Lipinski definition) is 1. The minimum absolute atomic E-state index is 0.0493. The third-order valence-corrected chi connectivity index (χ3v) is 5.20. The molecule has 0 spiro atoms. The van der Waals surface area contributed by atoms with Crippen molar-refractivity contribution < 1.29 is 9.53 Å². The van der Waals surface area contributed by atoms with Crippen LogP contribution in [-0.2, 0) is 4.79 Å². The highest BCUT2D eigenvalue weighted by Crippen LogP contribution is 2.34. The van der Waals surface area contributed by atoms with E-state index in [9.17, 15) is 4.79 Å². The van der Waals surface area contributed by atoms with Crippen LogP contribution >= 0.6 is 0 Å². The molecule has 1 N–H and O–H groups in total. The summed E-state index contributed by atoms with van der Waals surface area (Å²) in [6.45, 7) is 3.09. The molecule has 22 heavy (non-hydrogen) atoms. The lowest BCUT2D eigenvalue weighted by molar-refractivity contribution is -0.121. The van der Waals surface area contributed by atoms with E-state index in [1.54, 1.807) is 0 Å². The molecule has 4 rings (SSSR count). The van der Waals surface area contributed by atoms with Gasteiger partial charge in [-0.25, -0.2) is 0 Å². The number of anilines is 1. The second-order valence-corrected chi connectivity index (χ2v) is 6.71. The van der Waals surface area contributed by atoms with Gasteiger partial charge in [0.2, 0.25) is 5.91 Å². The van der Waals surface area contributed by atoms with Gasteiger partial charge >= 0.3 is 0 Å². The van der Waals surface area contributed by atoms with E-state index in [4.69, 9.17) is 4.74 Å². The molecule has 5 nitrogen and oxygen atoms in total. The van der Waals surface area contributed by atoms with Crippen molar-refractivity contribution in [1.29, 1.82) is 0 Å². The maximum Gasteiger partial charge on any atom is 0.241 e. The molecule has 0 saturated carbocycles. The van der Waals surface area contributed by atoms with Gasteiger partial charge in [-0.3, -0.25) is 9.69 Å². The monoisotopic (exact) mass is 301 g/mol. The van der Waals surface area contributed by atoms with Gasteiger partial charge in [-0.2, -0.15) is 0 Å². The fourth-order valence-corrected chi connectivity index (χ4v) is 3.96. The lowest BCUT2D eigenvalue weighted by atomic mass is 10.0. The Morgan fingerprint density at radius 2 is 2.00 bits per heavy atom. The van der Waals surface area contributed by atoms with E-state index in [0.29, 0.717) is 6.04 Å². The zero-order valence-corrected chi connectivity index (χ0v) is 13.0. The van der Waals surface area contributed by atoms with Crippen molar-refractivity contribution >= 4 is 11.6 Å². The highest BCUT2D eigenvalue weighted by Gasteiger charge is 2.43. The molecular weight excluding hydrogens is 278 g/mol. The third-order valence-electron chi connectivity index (χ3n) is 5.20. The highest BCUT2D eigenvalue weighted by molar-refractivity contribution is 5.96. The fraction of sp³-hybridized carbons (Fsp3) is 0.588. The molecule has 1 aromatic carbocycles. The molecule has 118 valence electrons. The number of carbonyl (C=O) groups is 1. The van der Waals surface area contributed by atoms with Crippen LogP contribution in [0.4, 0.5) is 5.69 Å². The van der Waals surface area contributed by atoms with Crippen molar-refractivity contribution in [3.05, 3.63) is 24.3 Å². The van der Waals surface area contributed by atoms with Crippen molar-refractivity contribution in [2.75, 3.05) is 32.0 Å². The number of nitrogens with one attached hydrogen (secondary N) is 1. The number of para-hydroxylation sites is 2. The molecule has 2 saturated heterocycles. The fourth-order valence-electron chi connectivity index (χ4n) is 3.96. The Hall–Kier alpha value is -1.59. The molecule has 3 heterocycles. The molecule has 1 aromatic rings. The van der Waals surface area contributed by atoms with Gasteiger partial charge < -0.3 is 15.0 Å². The van der Waals surface area contributed by atoms with Crippen LogP contribution in [0.25, 0.3) is 0 Å². The summed E-state index contributed by atoms with van der Waals surface area (Å²) in [7, 11) is 2.17. The molecule has 0 aromatic heterocycles. The van der Waals surface area contributed by atoms with E-state index < -0.39 is 0 Å². The summed E-state index contributed by atoms with van der Waals surface area (Å²) in [6, 6.07) is 8.19. The van der Waals surface area contributed by atoms with Crippen LogP contribution in [0.15, 0.2) is 24.3 Å². The number of hydrogen-bond acceptors (Lipinski definition) is 4. The Bertz CT molecular complexity index is 569. The molecule has 2 unspecified atom stereocenters. The summed E-state index contributed by atoms with van der Waals surface area (Å²) in [4.78, 5) is 17.4. The van der Waals surface area contributed by atoms with E-state index in [1.165, 1.54) is 0 Å². The second-order valence-electron chi connectivity index (χ2n) is 6.71. The maximum absolute atomic E-state index is 12.7. The molecule has 3 aliphatic heterocycles. The molecule has 2 fully saturated rings. The molecule has 0 aliphatic carbocycles. The van der Waals surface area contributed by atoms with Crippen LogP contribution in [0.5, 0.6) is 5.75 Å². The number of rotatable bonds is 1. The Morgan fingerprint density at radius 1 is 1.23 bits per heavy atom. The molecule has 0 radical (unpaired) electrons. The Kier molecular flexibility index (Phi) is 3.54. The summed E-state index contributed by atoms with van der Waals surface area (Å²) in [5, 5.41) is 3.05. The van der Waals surface area contributed by atoms with Crippen molar-refractivity contribution in [2.24, 2.45) is 0 Å². The number of fused-ring (bicyclic) bond motifs is 3. The van der Waals surface area contributed by atoms with E-state index in [0.717, 1.165) is 50.3 Å². The van der Waals surface area contributed by atoms with Gasteiger partial charge in [-0.05, 0) is 45.1 Å². The van der Waals surface area contributed by atoms with Gasteiger partial charge in [0, 0.05) is 19.0 Å². The van der Waals surface area contributed by atoms with E-state index in [1.807, 2.05) is 24.3 Å². The zero-order chi connectivity index (χ0) is 15.1. The summed E-state index contributed by atoms with van der Waals surface area (Å²) in [6.07, 6.45) is 3.20. The zero-order valence-electron chi connectivity index (χ0n) is 13.0. The number of nitrogens with zero attached hydrogens (tertiary/aromatic N) is 2. The molecule has 2 atom stereocenters. The van der Waals surface area contributed by atoms with E-state index >= 15 is 0 Å². The standard InChI is InChI=1S/C17H23N3O2/c1-19-8-6-12(7-9-19)20-11-13-10-15(20)17(21)18-14-4-2-3-5-16(14)22-13/h2-5,12-13,15H,6-11H2,1H3,(H,18,21). The lowest BCUT2D eigenvalue weighted by Crippen LogP contribution is -2.49. The van der Waals surface area contributed by atoms with Crippen LogP contribution < -0.4 is 10.1 Å². The van der Waals surface area contributed by atoms with Crippen LogP contribution in [0.2, 0.25) is 0 Å². The highest BCUT2D eigenvalue weighted by atomic mass is 16.5. The van der Waals surface area contributed by atoms with Crippen LogP contribution in [0, 0.1) is 0 Å². The largest absolute Gasteiger partial charge is 0.487 e. The minimum atomic E-state index is -0.0493. The first-order valence-corrected chi connectivity index (χ1v) is 8.21. The van der Waals surface area contributed by atoms with Crippen LogP contribution in [0.3, 0.4) is 0 Å². The normalized spacial score (nSPS) is 30.1. The first-order valence-electron chi connectivity index (χ1n) is 8.21. The third kappa shape index (κ3) is 2.48.